The number of alkyl carbamates (subject to hydrolysis) is 1. The minimum Gasteiger partial charge on any atom is -0.444 e. The van der Waals surface area contributed by atoms with Crippen molar-refractivity contribution in [2.24, 2.45) is 29.2 Å². The van der Waals surface area contributed by atoms with E-state index in [2.05, 4.69) is 47.5 Å². The van der Waals surface area contributed by atoms with E-state index in [1.54, 1.807) is 46.9 Å². The molecule has 392 valence electrons. The van der Waals surface area contributed by atoms with Crippen LogP contribution in [0.1, 0.15) is 107 Å². The summed E-state index contributed by atoms with van der Waals surface area (Å²) in [4.78, 5) is 122. The SMILES string of the molecule is CSCC[C@H](NC(=O)OC(C)(C)C)C(=O)N[C@@H](CCC(N)=O)C(=O)N[C@@H](Cc1c[nH]c2ccccc12)C(=O)N[C@@H](C)C(=O)N[C@H](C(=O)NCC(=O)N[C@H](CN[C@@H](CC(C)C)C(N)=O)CC(C)C)C(C)C. The predicted octanol–water partition coefficient (Wildman–Crippen LogP) is 1.37. The maximum absolute atomic E-state index is 14.2. The molecule has 0 unspecified atom stereocenters. The van der Waals surface area contributed by atoms with Crippen molar-refractivity contribution in [3.63, 3.8) is 0 Å². The van der Waals surface area contributed by atoms with Gasteiger partial charge in [-0.1, -0.05) is 59.7 Å². The van der Waals surface area contributed by atoms with Gasteiger partial charge in [0, 0.05) is 42.5 Å². The highest BCUT2D eigenvalue weighted by Crippen LogP contribution is 2.20. The molecule has 0 radical (unpaired) electrons. The molecule has 2 aromatic rings. The number of benzene rings is 1. The Labute approximate surface area is 416 Å². The summed E-state index contributed by atoms with van der Waals surface area (Å²) in [6, 6.07) is 0.0921. The van der Waals surface area contributed by atoms with Gasteiger partial charge in [-0.25, -0.2) is 4.79 Å². The van der Waals surface area contributed by atoms with Gasteiger partial charge in [0.1, 0.15) is 35.8 Å². The average molecular weight is 1000 g/mol. The number of nitrogens with two attached hydrogens (primary N) is 2. The summed E-state index contributed by atoms with van der Waals surface area (Å²) >= 11 is 1.43. The van der Waals surface area contributed by atoms with Crippen LogP contribution in [-0.4, -0.2) is 131 Å². The Morgan fingerprint density at radius 1 is 0.700 bits per heavy atom. The molecular weight excluding hydrogens is 923 g/mol. The molecule has 21 nitrogen and oxygen atoms in total. The monoisotopic (exact) mass is 1000 g/mol. The molecule has 0 spiro atoms. The minimum absolute atomic E-state index is 0.0835. The lowest BCUT2D eigenvalue weighted by Gasteiger charge is -2.27. The lowest BCUT2D eigenvalue weighted by Crippen LogP contribution is -2.59. The third-order valence-electron chi connectivity index (χ3n) is 10.9. The Morgan fingerprint density at radius 3 is 1.87 bits per heavy atom. The lowest BCUT2D eigenvalue weighted by molar-refractivity contribution is -0.135. The molecule has 1 heterocycles. The molecule has 0 bridgehead atoms. The third-order valence-corrected chi connectivity index (χ3v) is 11.5. The summed E-state index contributed by atoms with van der Waals surface area (Å²) in [5, 5.41) is 22.6. The van der Waals surface area contributed by atoms with E-state index in [-0.39, 0.29) is 50.1 Å². The van der Waals surface area contributed by atoms with Gasteiger partial charge in [0.15, 0.2) is 0 Å². The molecular formula is C48H79N11O10S. The van der Waals surface area contributed by atoms with Crippen LogP contribution in [0.25, 0.3) is 10.9 Å². The van der Waals surface area contributed by atoms with Gasteiger partial charge < -0.3 is 63.7 Å². The molecule has 9 amide bonds. The Kier molecular flexibility index (Phi) is 25.2. The summed E-state index contributed by atoms with van der Waals surface area (Å²) in [6.07, 6.45) is 3.29. The van der Waals surface area contributed by atoms with Gasteiger partial charge in [-0.3, -0.25) is 38.4 Å². The number of hydrogen-bond donors (Lipinski definition) is 11. The highest BCUT2D eigenvalue weighted by Gasteiger charge is 2.33. The van der Waals surface area contributed by atoms with Gasteiger partial charge in [0.2, 0.25) is 47.3 Å². The fraction of sp³-hybridized carbons (Fsp3) is 0.646. The van der Waals surface area contributed by atoms with Gasteiger partial charge in [0.25, 0.3) is 0 Å². The molecule has 7 atom stereocenters. The van der Waals surface area contributed by atoms with Gasteiger partial charge >= 0.3 is 6.09 Å². The number of carbonyl (C=O) groups is 9. The summed E-state index contributed by atoms with van der Waals surface area (Å²) < 4.78 is 5.35. The van der Waals surface area contributed by atoms with Crippen LogP contribution >= 0.6 is 11.8 Å². The number of hydrogen-bond acceptors (Lipinski definition) is 12. The van der Waals surface area contributed by atoms with E-state index in [1.165, 1.54) is 18.7 Å². The van der Waals surface area contributed by atoms with Crippen LogP contribution in [0.4, 0.5) is 4.79 Å². The fourth-order valence-electron chi connectivity index (χ4n) is 7.35. The third kappa shape index (κ3) is 22.2. The summed E-state index contributed by atoms with van der Waals surface area (Å²) in [6.45, 7) is 17.6. The number of aromatic nitrogens is 1. The second-order valence-corrected chi connectivity index (χ2v) is 20.7. The predicted molar refractivity (Wildman–Crippen MR) is 270 cm³/mol. The number of rotatable bonds is 30. The second kappa shape index (κ2) is 29.3. The van der Waals surface area contributed by atoms with Crippen molar-refractivity contribution < 1.29 is 47.9 Å². The zero-order valence-electron chi connectivity index (χ0n) is 42.7. The van der Waals surface area contributed by atoms with E-state index in [0.717, 1.165) is 10.9 Å². The van der Waals surface area contributed by atoms with Gasteiger partial charge in [-0.2, -0.15) is 11.8 Å². The number of fused-ring (bicyclic) bond motifs is 1. The summed E-state index contributed by atoms with van der Waals surface area (Å²) in [7, 11) is 0. The Bertz CT molecular complexity index is 2090. The van der Waals surface area contributed by atoms with Crippen molar-refractivity contribution in [3.8, 4) is 0 Å². The van der Waals surface area contributed by atoms with Crippen LogP contribution in [0, 0.1) is 17.8 Å². The average Bonchev–Trinajstić information content (AvgIpc) is 3.66. The standard InChI is InChI=1S/C48H79N11O10S/c1-26(2)20-31(24-52-36(41(50)62)21-27(3)4)55-39(61)25-53-46(67)40(28(5)6)59-42(63)29(7)54-45(66)37(22-30-23-51-33-15-13-12-14-32(30)33)57-43(64)34(16-17-38(49)60)56-44(65)35(18-19-70-11)58-47(68)69-48(8,9)10/h12-15,23,26-29,31,34-37,40,51-52H,16-22,24-25H2,1-11H3,(H2,49,60)(H2,50,62)(H,53,67)(H,54,66)(H,55,61)(H,56,65)(H,57,64)(H,58,68)(H,59,63)/t29-,31-,34-,35-,36-,37-,40-/m0/s1. The van der Waals surface area contributed by atoms with Crippen LogP contribution in [0.3, 0.4) is 0 Å². The fourth-order valence-corrected chi connectivity index (χ4v) is 7.82. The van der Waals surface area contributed by atoms with E-state index in [4.69, 9.17) is 16.2 Å². The van der Waals surface area contributed by atoms with E-state index in [9.17, 15) is 43.2 Å². The molecule has 0 saturated heterocycles. The van der Waals surface area contributed by atoms with Crippen molar-refractivity contribution in [2.45, 2.75) is 156 Å². The summed E-state index contributed by atoms with van der Waals surface area (Å²) in [5.41, 5.74) is 11.6. The van der Waals surface area contributed by atoms with Crippen molar-refractivity contribution in [2.75, 3.05) is 25.1 Å². The van der Waals surface area contributed by atoms with Gasteiger partial charge in [0.05, 0.1) is 12.6 Å². The number of nitrogens with one attached hydrogen (secondary N) is 9. The van der Waals surface area contributed by atoms with Crippen LogP contribution in [0.5, 0.6) is 0 Å². The maximum atomic E-state index is 14.2. The highest BCUT2D eigenvalue weighted by atomic mass is 32.2. The minimum atomic E-state index is -1.40. The normalized spacial score (nSPS) is 14.6. The topological polar surface area (TPSA) is 327 Å². The quantitative estimate of drug-likeness (QED) is 0.0529. The van der Waals surface area contributed by atoms with Crippen LogP contribution in [0.2, 0.25) is 0 Å². The Morgan fingerprint density at radius 2 is 1.30 bits per heavy atom. The molecule has 0 aliphatic heterocycles. The second-order valence-electron chi connectivity index (χ2n) is 19.7. The summed E-state index contributed by atoms with van der Waals surface area (Å²) in [5.74, 6) is -5.07. The zero-order valence-corrected chi connectivity index (χ0v) is 43.5. The molecule has 70 heavy (non-hydrogen) atoms. The first kappa shape index (κ1) is 60.2. The lowest BCUT2D eigenvalue weighted by atomic mass is 10.0. The largest absolute Gasteiger partial charge is 0.444 e. The van der Waals surface area contributed by atoms with E-state index < -0.39 is 108 Å². The Balaban J connectivity index is 2.28. The Hall–Kier alpha value is -5.90. The smallest absolute Gasteiger partial charge is 0.408 e. The first-order valence-electron chi connectivity index (χ1n) is 23.8. The molecule has 0 aliphatic rings. The van der Waals surface area contributed by atoms with Crippen molar-refractivity contribution >= 4 is 76.0 Å². The van der Waals surface area contributed by atoms with Crippen molar-refractivity contribution in [1.82, 2.24) is 47.5 Å². The van der Waals surface area contributed by atoms with E-state index in [1.807, 2.05) is 52.1 Å². The molecule has 0 fully saturated rings. The first-order chi connectivity index (χ1) is 32.7. The van der Waals surface area contributed by atoms with E-state index in [0.29, 0.717) is 24.2 Å². The molecule has 0 saturated carbocycles. The molecule has 22 heteroatoms. The van der Waals surface area contributed by atoms with Crippen molar-refractivity contribution in [3.05, 3.63) is 36.0 Å². The zero-order chi connectivity index (χ0) is 52.9. The molecule has 2 rings (SSSR count). The van der Waals surface area contributed by atoms with Crippen LogP contribution < -0.4 is 54.0 Å². The van der Waals surface area contributed by atoms with Crippen molar-refractivity contribution in [1.29, 1.82) is 0 Å². The van der Waals surface area contributed by atoms with Gasteiger partial charge in [-0.05, 0) is 94.8 Å². The number of ether oxygens (including phenoxy) is 1. The first-order valence-corrected chi connectivity index (χ1v) is 25.2. The molecule has 1 aromatic heterocycles. The number of aromatic amines is 1. The van der Waals surface area contributed by atoms with E-state index >= 15 is 0 Å². The molecule has 1 aromatic carbocycles. The number of amides is 9. The maximum Gasteiger partial charge on any atom is 0.408 e. The molecule has 0 aliphatic carbocycles. The molecule has 13 N–H and O–H groups in total. The van der Waals surface area contributed by atoms with Crippen LogP contribution in [0.15, 0.2) is 30.5 Å². The number of carbonyl (C=O) groups excluding carboxylic acids is 9. The number of thioether (sulfide) groups is 1. The van der Waals surface area contributed by atoms with Gasteiger partial charge in [-0.15, -0.1) is 0 Å². The number of primary amides is 2. The highest BCUT2D eigenvalue weighted by molar-refractivity contribution is 7.98. The number of H-pyrrole nitrogens is 1. The number of para-hydroxylation sites is 1. The van der Waals surface area contributed by atoms with Crippen LogP contribution in [-0.2, 0) is 49.5 Å².